The van der Waals surface area contributed by atoms with E-state index in [2.05, 4.69) is 29.3 Å². The Morgan fingerprint density at radius 1 is 1.30 bits per heavy atom. The molecule has 0 radical (unpaired) electrons. The van der Waals surface area contributed by atoms with E-state index in [1.807, 2.05) is 6.26 Å². The lowest BCUT2D eigenvalue weighted by molar-refractivity contribution is 0.0591. The first kappa shape index (κ1) is 13.6. The SMILES string of the molecule is COC(CN1CCNCC1)c1ccc2cocc2c1C. The first-order valence-electron chi connectivity index (χ1n) is 7.21. The molecular weight excluding hydrogens is 252 g/mol. The summed E-state index contributed by atoms with van der Waals surface area (Å²) < 4.78 is 11.1. The molecule has 4 heteroatoms. The van der Waals surface area contributed by atoms with Gasteiger partial charge < -0.3 is 14.5 Å². The number of hydrogen-bond acceptors (Lipinski definition) is 4. The molecule has 2 aromatic rings. The summed E-state index contributed by atoms with van der Waals surface area (Å²) in [4.78, 5) is 2.46. The minimum absolute atomic E-state index is 0.118. The van der Waals surface area contributed by atoms with Crippen molar-refractivity contribution in [2.24, 2.45) is 0 Å². The highest BCUT2D eigenvalue weighted by Crippen LogP contribution is 2.29. The second-order valence-corrected chi connectivity index (χ2v) is 5.43. The number of aryl methyl sites for hydroxylation is 1. The Morgan fingerprint density at radius 2 is 2.10 bits per heavy atom. The first-order chi connectivity index (χ1) is 9.79. The molecule has 1 aliphatic heterocycles. The van der Waals surface area contributed by atoms with E-state index < -0.39 is 0 Å². The van der Waals surface area contributed by atoms with Crippen LogP contribution in [0.4, 0.5) is 0 Å². The lowest BCUT2D eigenvalue weighted by Gasteiger charge is -2.31. The van der Waals surface area contributed by atoms with E-state index >= 15 is 0 Å². The quantitative estimate of drug-likeness (QED) is 0.928. The summed E-state index contributed by atoms with van der Waals surface area (Å²) in [6.45, 7) is 7.41. The number of furan rings is 1. The fourth-order valence-corrected chi connectivity index (χ4v) is 2.98. The zero-order valence-corrected chi connectivity index (χ0v) is 12.2. The van der Waals surface area contributed by atoms with E-state index in [4.69, 9.17) is 9.15 Å². The lowest BCUT2D eigenvalue weighted by atomic mass is 9.98. The molecule has 1 atom stereocenters. The summed E-state index contributed by atoms with van der Waals surface area (Å²) >= 11 is 0. The van der Waals surface area contributed by atoms with E-state index in [1.54, 1.807) is 13.4 Å². The van der Waals surface area contributed by atoms with E-state index in [1.165, 1.54) is 16.5 Å². The van der Waals surface area contributed by atoms with Crippen LogP contribution in [0.25, 0.3) is 10.8 Å². The van der Waals surface area contributed by atoms with Gasteiger partial charge in [-0.15, -0.1) is 0 Å². The van der Waals surface area contributed by atoms with Gasteiger partial charge in [0.15, 0.2) is 0 Å². The zero-order chi connectivity index (χ0) is 13.9. The Morgan fingerprint density at radius 3 is 2.85 bits per heavy atom. The number of fused-ring (bicyclic) bond motifs is 1. The molecule has 1 saturated heterocycles. The van der Waals surface area contributed by atoms with Crippen LogP contribution in [0.3, 0.4) is 0 Å². The molecule has 1 aromatic carbocycles. The third-order valence-corrected chi connectivity index (χ3v) is 4.24. The van der Waals surface area contributed by atoms with E-state index in [0.717, 1.165) is 38.1 Å². The number of ether oxygens (including phenoxy) is 1. The van der Waals surface area contributed by atoms with Crippen LogP contribution < -0.4 is 5.32 Å². The van der Waals surface area contributed by atoms with Crippen molar-refractivity contribution in [1.82, 2.24) is 10.2 Å². The molecule has 2 heterocycles. The highest BCUT2D eigenvalue weighted by molar-refractivity contribution is 5.85. The third-order valence-electron chi connectivity index (χ3n) is 4.24. The predicted molar refractivity (Wildman–Crippen MR) is 80.0 cm³/mol. The number of piperazine rings is 1. The maximum Gasteiger partial charge on any atom is 0.0984 e. The lowest BCUT2D eigenvalue weighted by Crippen LogP contribution is -2.45. The van der Waals surface area contributed by atoms with Crippen molar-refractivity contribution in [3.8, 4) is 0 Å². The highest BCUT2D eigenvalue weighted by Gasteiger charge is 2.20. The molecule has 1 N–H and O–H groups in total. The molecule has 0 amide bonds. The molecule has 108 valence electrons. The third kappa shape index (κ3) is 2.59. The highest BCUT2D eigenvalue weighted by atomic mass is 16.5. The Balaban J connectivity index is 1.84. The summed E-state index contributed by atoms with van der Waals surface area (Å²) in [5.41, 5.74) is 2.53. The predicted octanol–water partition coefficient (Wildman–Crippen LogP) is 2.33. The number of methoxy groups -OCH3 is 1. The largest absolute Gasteiger partial charge is 0.471 e. The van der Waals surface area contributed by atoms with Gasteiger partial charge in [-0.3, -0.25) is 4.90 Å². The van der Waals surface area contributed by atoms with Gasteiger partial charge in [-0.2, -0.15) is 0 Å². The Hall–Kier alpha value is -1.36. The molecule has 1 aromatic heterocycles. The van der Waals surface area contributed by atoms with E-state index in [9.17, 15) is 0 Å². The van der Waals surface area contributed by atoms with Gasteiger partial charge in [-0.25, -0.2) is 0 Å². The summed E-state index contributed by atoms with van der Waals surface area (Å²) in [5.74, 6) is 0. The molecular formula is C16H22N2O2. The molecule has 0 bridgehead atoms. The minimum Gasteiger partial charge on any atom is -0.471 e. The van der Waals surface area contributed by atoms with Crippen LogP contribution in [0.1, 0.15) is 17.2 Å². The Kier molecular flexibility index (Phi) is 4.05. The van der Waals surface area contributed by atoms with Crippen LogP contribution in [0.2, 0.25) is 0 Å². The van der Waals surface area contributed by atoms with Crippen molar-refractivity contribution in [2.45, 2.75) is 13.0 Å². The fourth-order valence-electron chi connectivity index (χ4n) is 2.98. The van der Waals surface area contributed by atoms with E-state index in [0.29, 0.717) is 0 Å². The number of rotatable bonds is 4. The normalized spacial score (nSPS) is 18.5. The fraction of sp³-hybridized carbons (Fsp3) is 0.500. The average molecular weight is 274 g/mol. The van der Waals surface area contributed by atoms with Gasteiger partial charge in [-0.05, 0) is 18.1 Å². The molecule has 0 spiro atoms. The van der Waals surface area contributed by atoms with Crippen LogP contribution in [-0.4, -0.2) is 44.7 Å². The minimum atomic E-state index is 0.118. The summed E-state index contributed by atoms with van der Waals surface area (Å²) in [5, 5.41) is 5.72. The van der Waals surface area contributed by atoms with Gasteiger partial charge >= 0.3 is 0 Å². The average Bonchev–Trinajstić information content (AvgIpc) is 2.96. The number of nitrogens with zero attached hydrogens (tertiary/aromatic N) is 1. The summed E-state index contributed by atoms with van der Waals surface area (Å²) in [7, 11) is 1.80. The van der Waals surface area contributed by atoms with Gasteiger partial charge in [0, 0.05) is 50.6 Å². The molecule has 1 unspecified atom stereocenters. The van der Waals surface area contributed by atoms with Crippen LogP contribution >= 0.6 is 0 Å². The van der Waals surface area contributed by atoms with Crippen LogP contribution in [0.15, 0.2) is 29.1 Å². The Bertz CT molecular complexity index is 573. The Labute approximate surface area is 119 Å². The maximum absolute atomic E-state index is 5.75. The van der Waals surface area contributed by atoms with E-state index in [-0.39, 0.29) is 6.10 Å². The van der Waals surface area contributed by atoms with Crippen molar-refractivity contribution in [3.05, 3.63) is 35.8 Å². The zero-order valence-electron chi connectivity index (χ0n) is 12.2. The standard InChI is InChI=1S/C16H22N2O2/c1-12-14(4-3-13-10-20-11-15(12)13)16(19-2)9-18-7-5-17-6-8-18/h3-4,10-11,16-17H,5-9H2,1-2H3. The van der Waals surface area contributed by atoms with Gasteiger partial charge in [0.2, 0.25) is 0 Å². The monoisotopic (exact) mass is 274 g/mol. The second-order valence-electron chi connectivity index (χ2n) is 5.43. The van der Waals surface area contributed by atoms with Crippen LogP contribution in [-0.2, 0) is 4.74 Å². The van der Waals surface area contributed by atoms with Crippen molar-refractivity contribution in [1.29, 1.82) is 0 Å². The molecule has 1 fully saturated rings. The second kappa shape index (κ2) is 5.95. The number of hydrogen-bond donors (Lipinski definition) is 1. The van der Waals surface area contributed by atoms with Gasteiger partial charge in [0.05, 0.1) is 18.6 Å². The molecule has 0 aliphatic carbocycles. The summed E-state index contributed by atoms with van der Waals surface area (Å²) in [6, 6.07) is 4.29. The van der Waals surface area contributed by atoms with Crippen LogP contribution in [0.5, 0.6) is 0 Å². The van der Waals surface area contributed by atoms with Gasteiger partial charge in [0.25, 0.3) is 0 Å². The topological polar surface area (TPSA) is 37.6 Å². The number of nitrogens with one attached hydrogen (secondary N) is 1. The molecule has 1 aliphatic rings. The van der Waals surface area contributed by atoms with Gasteiger partial charge in [0.1, 0.15) is 0 Å². The maximum atomic E-state index is 5.75. The molecule has 3 rings (SSSR count). The molecule has 20 heavy (non-hydrogen) atoms. The number of benzene rings is 1. The smallest absolute Gasteiger partial charge is 0.0984 e. The molecule has 4 nitrogen and oxygen atoms in total. The van der Waals surface area contributed by atoms with Crippen molar-refractivity contribution < 1.29 is 9.15 Å². The molecule has 0 saturated carbocycles. The van der Waals surface area contributed by atoms with Crippen LogP contribution in [0, 0.1) is 6.92 Å². The first-order valence-corrected chi connectivity index (χ1v) is 7.21. The van der Waals surface area contributed by atoms with Crippen molar-refractivity contribution >= 4 is 10.8 Å². The summed E-state index contributed by atoms with van der Waals surface area (Å²) in [6.07, 6.45) is 3.74. The van der Waals surface area contributed by atoms with Gasteiger partial charge in [-0.1, -0.05) is 12.1 Å². The van der Waals surface area contributed by atoms with Crippen molar-refractivity contribution in [3.63, 3.8) is 0 Å². The van der Waals surface area contributed by atoms with Crippen molar-refractivity contribution in [2.75, 3.05) is 39.8 Å².